The molecule has 0 bridgehead atoms. The Labute approximate surface area is 94.8 Å². The number of hydrogen-bond donors (Lipinski definition) is 1. The van der Waals surface area contributed by atoms with Crippen LogP contribution < -0.4 is 0 Å². The molecule has 0 aromatic heterocycles. The molecule has 2 amide bonds. The van der Waals surface area contributed by atoms with Crippen molar-refractivity contribution in [1.29, 1.82) is 0 Å². The van der Waals surface area contributed by atoms with Crippen LogP contribution in [0.5, 0.6) is 0 Å². The molecule has 1 heterocycles. The molecule has 0 unspecified atom stereocenters. The summed E-state index contributed by atoms with van der Waals surface area (Å²) in [7, 11) is 0. The molecule has 1 N–H and O–H groups in total. The van der Waals surface area contributed by atoms with Crippen LogP contribution in [-0.4, -0.2) is 65.8 Å². The molecule has 6 heteroatoms. The van der Waals surface area contributed by atoms with E-state index in [2.05, 4.69) is 0 Å². The fourth-order valence-corrected chi connectivity index (χ4v) is 1.55. The highest BCUT2D eigenvalue weighted by Gasteiger charge is 2.26. The standard InChI is InChI=1S/C10H18N2O4/c1-8(2)12(7-9(13)14)10(15)11-3-5-16-6-4-11/h8H,3-7H2,1-2H3,(H,13,14). The minimum atomic E-state index is -0.990. The summed E-state index contributed by atoms with van der Waals surface area (Å²) in [5.41, 5.74) is 0. The lowest BCUT2D eigenvalue weighted by atomic mass is 10.3. The number of urea groups is 1. The van der Waals surface area contributed by atoms with Crippen molar-refractivity contribution < 1.29 is 19.4 Å². The van der Waals surface area contributed by atoms with Gasteiger partial charge < -0.3 is 19.6 Å². The van der Waals surface area contributed by atoms with E-state index in [1.807, 2.05) is 0 Å². The maximum absolute atomic E-state index is 12.0. The Morgan fingerprint density at radius 1 is 1.38 bits per heavy atom. The largest absolute Gasteiger partial charge is 0.480 e. The summed E-state index contributed by atoms with van der Waals surface area (Å²) in [6, 6.07) is -0.341. The zero-order valence-electron chi connectivity index (χ0n) is 9.68. The lowest BCUT2D eigenvalue weighted by molar-refractivity contribution is -0.138. The second-order valence-corrected chi connectivity index (χ2v) is 4.00. The van der Waals surface area contributed by atoms with Gasteiger partial charge in [0.2, 0.25) is 0 Å². The number of carboxylic acid groups (broad SMARTS) is 1. The van der Waals surface area contributed by atoms with Crippen LogP contribution in [0.4, 0.5) is 4.79 Å². The molecular weight excluding hydrogens is 212 g/mol. The summed E-state index contributed by atoms with van der Waals surface area (Å²) in [4.78, 5) is 25.7. The minimum absolute atomic E-state index is 0.119. The Kier molecular flexibility index (Phi) is 4.54. The Morgan fingerprint density at radius 3 is 2.38 bits per heavy atom. The average molecular weight is 230 g/mol. The zero-order valence-corrected chi connectivity index (χ0v) is 9.68. The first-order valence-electron chi connectivity index (χ1n) is 5.37. The molecule has 0 spiro atoms. The average Bonchev–Trinajstić information content (AvgIpc) is 2.25. The summed E-state index contributed by atoms with van der Waals surface area (Å²) >= 11 is 0. The van der Waals surface area contributed by atoms with E-state index in [0.717, 1.165) is 0 Å². The third-order valence-corrected chi connectivity index (χ3v) is 2.46. The lowest BCUT2D eigenvalue weighted by Gasteiger charge is -2.34. The number of carbonyl (C=O) groups excluding carboxylic acids is 1. The molecule has 1 aliphatic rings. The maximum atomic E-state index is 12.0. The molecule has 0 aromatic rings. The van der Waals surface area contributed by atoms with Crippen molar-refractivity contribution in [1.82, 2.24) is 9.80 Å². The first-order valence-corrected chi connectivity index (χ1v) is 5.37. The van der Waals surface area contributed by atoms with E-state index in [0.29, 0.717) is 26.3 Å². The van der Waals surface area contributed by atoms with Gasteiger partial charge in [-0.15, -0.1) is 0 Å². The zero-order chi connectivity index (χ0) is 12.1. The van der Waals surface area contributed by atoms with Gasteiger partial charge in [0.15, 0.2) is 0 Å². The van der Waals surface area contributed by atoms with E-state index in [1.54, 1.807) is 18.7 Å². The molecule has 0 aliphatic carbocycles. The molecule has 6 nitrogen and oxygen atoms in total. The summed E-state index contributed by atoms with van der Waals surface area (Å²) in [6.07, 6.45) is 0. The van der Waals surface area contributed by atoms with Gasteiger partial charge >= 0.3 is 12.0 Å². The predicted octanol–water partition coefficient (Wildman–Crippen LogP) is 0.234. The highest BCUT2D eigenvalue weighted by atomic mass is 16.5. The molecule has 1 rings (SSSR count). The highest BCUT2D eigenvalue weighted by Crippen LogP contribution is 2.07. The summed E-state index contributed by atoms with van der Waals surface area (Å²) in [5.74, 6) is -0.990. The normalized spacial score (nSPS) is 16.3. The van der Waals surface area contributed by atoms with Crippen LogP contribution in [0, 0.1) is 0 Å². The third-order valence-electron chi connectivity index (χ3n) is 2.46. The van der Waals surface area contributed by atoms with Crippen molar-refractivity contribution >= 4 is 12.0 Å². The van der Waals surface area contributed by atoms with Gasteiger partial charge in [-0.3, -0.25) is 4.79 Å². The van der Waals surface area contributed by atoms with Crippen molar-refractivity contribution in [2.45, 2.75) is 19.9 Å². The van der Waals surface area contributed by atoms with E-state index in [9.17, 15) is 9.59 Å². The van der Waals surface area contributed by atoms with Crippen molar-refractivity contribution in [2.24, 2.45) is 0 Å². The molecule has 0 atom stereocenters. The van der Waals surface area contributed by atoms with E-state index in [4.69, 9.17) is 9.84 Å². The van der Waals surface area contributed by atoms with Gasteiger partial charge in [0.25, 0.3) is 0 Å². The first-order chi connectivity index (χ1) is 7.52. The van der Waals surface area contributed by atoms with Gasteiger partial charge in [0.05, 0.1) is 13.2 Å². The lowest BCUT2D eigenvalue weighted by Crippen LogP contribution is -2.51. The third kappa shape index (κ3) is 3.37. The van der Waals surface area contributed by atoms with Crippen LogP contribution in [0.2, 0.25) is 0 Å². The van der Waals surface area contributed by atoms with Gasteiger partial charge in [0.1, 0.15) is 6.54 Å². The molecule has 1 saturated heterocycles. The fraction of sp³-hybridized carbons (Fsp3) is 0.800. The molecule has 0 saturated carbocycles. The number of hydrogen-bond acceptors (Lipinski definition) is 3. The van der Waals surface area contributed by atoms with Gasteiger partial charge in [-0.1, -0.05) is 0 Å². The van der Waals surface area contributed by atoms with Gasteiger partial charge in [-0.25, -0.2) is 4.79 Å². The number of aliphatic carboxylic acids is 1. The molecule has 1 fully saturated rings. The van der Waals surface area contributed by atoms with Crippen LogP contribution in [0.3, 0.4) is 0 Å². The van der Waals surface area contributed by atoms with Gasteiger partial charge in [-0.2, -0.15) is 0 Å². The number of nitrogens with zero attached hydrogens (tertiary/aromatic N) is 2. The van der Waals surface area contributed by atoms with Crippen LogP contribution in [-0.2, 0) is 9.53 Å². The summed E-state index contributed by atoms with van der Waals surface area (Å²) in [6.45, 7) is 5.45. The Bertz CT molecular complexity index is 262. The van der Waals surface area contributed by atoms with Gasteiger partial charge in [-0.05, 0) is 13.8 Å². The van der Waals surface area contributed by atoms with Crippen molar-refractivity contribution in [3.8, 4) is 0 Å². The quantitative estimate of drug-likeness (QED) is 0.753. The Balaban J connectivity index is 2.61. The minimum Gasteiger partial charge on any atom is -0.480 e. The summed E-state index contributed by atoms with van der Waals surface area (Å²) < 4.78 is 5.14. The van der Waals surface area contributed by atoms with Crippen LogP contribution in [0.15, 0.2) is 0 Å². The second kappa shape index (κ2) is 5.69. The van der Waals surface area contributed by atoms with Crippen molar-refractivity contribution in [3.63, 3.8) is 0 Å². The van der Waals surface area contributed by atoms with Gasteiger partial charge in [0, 0.05) is 19.1 Å². The number of rotatable bonds is 3. The monoisotopic (exact) mass is 230 g/mol. The molecular formula is C10H18N2O4. The van der Waals surface area contributed by atoms with E-state index >= 15 is 0 Å². The Morgan fingerprint density at radius 2 is 1.94 bits per heavy atom. The number of carbonyl (C=O) groups is 2. The fourth-order valence-electron chi connectivity index (χ4n) is 1.55. The van der Waals surface area contributed by atoms with Crippen molar-refractivity contribution in [2.75, 3.05) is 32.8 Å². The van der Waals surface area contributed by atoms with Crippen LogP contribution in [0.1, 0.15) is 13.8 Å². The second-order valence-electron chi connectivity index (χ2n) is 4.00. The number of amides is 2. The number of morpholine rings is 1. The van der Waals surface area contributed by atoms with Crippen molar-refractivity contribution in [3.05, 3.63) is 0 Å². The summed E-state index contributed by atoms with van der Waals surface area (Å²) in [5, 5.41) is 8.74. The predicted molar refractivity (Wildman–Crippen MR) is 57.3 cm³/mol. The SMILES string of the molecule is CC(C)N(CC(=O)O)C(=O)N1CCOCC1. The molecule has 16 heavy (non-hydrogen) atoms. The maximum Gasteiger partial charge on any atom is 0.323 e. The topological polar surface area (TPSA) is 70.1 Å². The molecule has 0 aromatic carbocycles. The van der Waals surface area contributed by atoms with E-state index in [1.165, 1.54) is 4.90 Å². The van der Waals surface area contributed by atoms with Crippen LogP contribution >= 0.6 is 0 Å². The molecule has 1 aliphatic heterocycles. The number of carboxylic acids is 1. The Hall–Kier alpha value is -1.30. The molecule has 92 valence electrons. The molecule has 0 radical (unpaired) electrons. The highest BCUT2D eigenvalue weighted by molar-refractivity contribution is 5.80. The van der Waals surface area contributed by atoms with E-state index < -0.39 is 5.97 Å². The first kappa shape index (κ1) is 12.8. The van der Waals surface area contributed by atoms with Crippen LogP contribution in [0.25, 0.3) is 0 Å². The van der Waals surface area contributed by atoms with E-state index in [-0.39, 0.29) is 18.6 Å². The number of ether oxygens (including phenoxy) is 1. The smallest absolute Gasteiger partial charge is 0.323 e.